The van der Waals surface area contributed by atoms with Gasteiger partial charge in [-0.25, -0.2) is 4.79 Å². The molecule has 1 aromatic carbocycles. The van der Waals surface area contributed by atoms with Crippen molar-refractivity contribution >= 4 is 34.6 Å². The zero-order valence-corrected chi connectivity index (χ0v) is 13.2. The number of aromatic nitrogens is 1. The summed E-state index contributed by atoms with van der Waals surface area (Å²) < 4.78 is 1.42. The molecule has 0 unspecified atom stereocenters. The lowest BCUT2D eigenvalue weighted by Crippen LogP contribution is -2.33. The van der Waals surface area contributed by atoms with Gasteiger partial charge in [-0.1, -0.05) is 19.9 Å². The first kappa shape index (κ1) is 15.4. The Morgan fingerprint density at radius 2 is 1.95 bits per heavy atom. The van der Waals surface area contributed by atoms with Crippen LogP contribution in [0.3, 0.4) is 0 Å². The number of thioether (sulfide) groups is 1. The van der Waals surface area contributed by atoms with Gasteiger partial charge in [0.1, 0.15) is 0 Å². The van der Waals surface area contributed by atoms with Crippen molar-refractivity contribution in [2.45, 2.75) is 25.2 Å². The quantitative estimate of drug-likeness (QED) is 0.849. The van der Waals surface area contributed by atoms with Crippen LogP contribution < -0.4 is 11.5 Å². The highest BCUT2D eigenvalue weighted by atomic mass is 32.2. The van der Waals surface area contributed by atoms with Crippen molar-refractivity contribution in [2.75, 3.05) is 6.26 Å². The van der Waals surface area contributed by atoms with Crippen molar-refractivity contribution in [3.8, 4) is 0 Å². The van der Waals surface area contributed by atoms with E-state index in [1.54, 1.807) is 31.8 Å². The molecule has 0 bridgehead atoms. The Kier molecular flexibility index (Phi) is 4.00. The molecule has 21 heavy (non-hydrogen) atoms. The van der Waals surface area contributed by atoms with Crippen LogP contribution in [0.25, 0.3) is 10.9 Å². The standard InChI is InChI=1S/C15H19N3O2S/c1-15(2,13(16)19)7-9-8-18(14(17)20)10-5-4-6-11(21-3)12(9)10/h4-6,8H,7H2,1-3H3,(H2,16,19)(H2,17,20). The number of nitrogens with zero attached hydrogens (tertiary/aromatic N) is 1. The molecule has 2 rings (SSSR count). The van der Waals surface area contributed by atoms with E-state index in [2.05, 4.69) is 0 Å². The zero-order valence-electron chi connectivity index (χ0n) is 12.3. The SMILES string of the molecule is CSc1cccc2c1c(CC(C)(C)C(N)=O)cn2C(N)=O. The van der Waals surface area contributed by atoms with Crippen LogP contribution in [0.2, 0.25) is 0 Å². The van der Waals surface area contributed by atoms with E-state index in [0.717, 1.165) is 21.4 Å². The molecule has 0 spiro atoms. The number of benzene rings is 1. The van der Waals surface area contributed by atoms with Gasteiger partial charge in [-0.3, -0.25) is 9.36 Å². The lowest BCUT2D eigenvalue weighted by atomic mass is 9.85. The number of primary amides is 2. The van der Waals surface area contributed by atoms with Gasteiger partial charge in [0, 0.05) is 21.9 Å². The fourth-order valence-corrected chi connectivity index (χ4v) is 3.04. The Labute approximate surface area is 127 Å². The van der Waals surface area contributed by atoms with Crippen LogP contribution in [0.4, 0.5) is 4.79 Å². The summed E-state index contributed by atoms with van der Waals surface area (Å²) in [6, 6.07) is 5.18. The van der Waals surface area contributed by atoms with Gasteiger partial charge < -0.3 is 11.5 Å². The van der Waals surface area contributed by atoms with Crippen molar-refractivity contribution in [3.63, 3.8) is 0 Å². The molecule has 5 nitrogen and oxygen atoms in total. The smallest absolute Gasteiger partial charge is 0.323 e. The molecule has 1 heterocycles. The molecule has 1 aromatic heterocycles. The highest BCUT2D eigenvalue weighted by Crippen LogP contribution is 2.34. The lowest BCUT2D eigenvalue weighted by Gasteiger charge is -2.20. The molecule has 2 amide bonds. The molecule has 0 fully saturated rings. The molecule has 0 aliphatic rings. The highest BCUT2D eigenvalue weighted by molar-refractivity contribution is 7.98. The van der Waals surface area contributed by atoms with Crippen LogP contribution in [-0.4, -0.2) is 22.8 Å². The fourth-order valence-electron chi connectivity index (χ4n) is 2.38. The van der Waals surface area contributed by atoms with Crippen molar-refractivity contribution in [3.05, 3.63) is 30.0 Å². The number of fused-ring (bicyclic) bond motifs is 1. The predicted octanol–water partition coefficient (Wildman–Crippen LogP) is 2.34. The van der Waals surface area contributed by atoms with Crippen molar-refractivity contribution < 1.29 is 9.59 Å². The minimum Gasteiger partial charge on any atom is -0.369 e. The van der Waals surface area contributed by atoms with E-state index in [0.29, 0.717) is 6.42 Å². The molecule has 0 aliphatic heterocycles. The summed E-state index contributed by atoms with van der Waals surface area (Å²) in [5.41, 5.74) is 11.9. The molecule has 0 saturated heterocycles. The minimum atomic E-state index is -0.692. The van der Waals surface area contributed by atoms with Crippen LogP contribution >= 0.6 is 11.8 Å². The molecule has 112 valence electrons. The molecule has 4 N–H and O–H groups in total. The third kappa shape index (κ3) is 2.76. The van der Waals surface area contributed by atoms with E-state index in [1.165, 1.54) is 4.57 Å². The van der Waals surface area contributed by atoms with E-state index in [-0.39, 0.29) is 5.91 Å². The van der Waals surface area contributed by atoms with E-state index in [9.17, 15) is 9.59 Å². The lowest BCUT2D eigenvalue weighted by molar-refractivity contribution is -0.125. The Balaban J connectivity index is 2.68. The highest BCUT2D eigenvalue weighted by Gasteiger charge is 2.28. The van der Waals surface area contributed by atoms with Gasteiger partial charge in [-0.15, -0.1) is 11.8 Å². The second-order valence-electron chi connectivity index (χ2n) is 5.64. The summed E-state index contributed by atoms with van der Waals surface area (Å²) in [5, 5.41) is 0.957. The van der Waals surface area contributed by atoms with Crippen molar-refractivity contribution in [1.29, 1.82) is 0 Å². The van der Waals surface area contributed by atoms with E-state index in [4.69, 9.17) is 11.5 Å². The second kappa shape index (κ2) is 5.44. The zero-order chi connectivity index (χ0) is 15.8. The molecule has 0 aliphatic carbocycles. The first-order valence-electron chi connectivity index (χ1n) is 6.54. The van der Waals surface area contributed by atoms with Gasteiger partial charge in [0.15, 0.2) is 0 Å². The number of hydrogen-bond acceptors (Lipinski definition) is 3. The maximum absolute atomic E-state index is 11.6. The maximum Gasteiger partial charge on any atom is 0.323 e. The number of hydrogen-bond donors (Lipinski definition) is 2. The van der Waals surface area contributed by atoms with E-state index < -0.39 is 11.4 Å². The Morgan fingerprint density at radius 1 is 1.29 bits per heavy atom. The number of carbonyl (C=O) groups is 2. The van der Waals surface area contributed by atoms with Gasteiger partial charge in [-0.05, 0) is 30.4 Å². The molecular formula is C15H19N3O2S. The average Bonchev–Trinajstić information content (AvgIpc) is 2.77. The van der Waals surface area contributed by atoms with Gasteiger partial charge in [-0.2, -0.15) is 0 Å². The predicted molar refractivity (Wildman–Crippen MR) is 85.4 cm³/mol. The van der Waals surface area contributed by atoms with E-state index in [1.807, 2.05) is 24.5 Å². The van der Waals surface area contributed by atoms with Gasteiger partial charge in [0.05, 0.1) is 5.52 Å². The number of amides is 2. The first-order valence-corrected chi connectivity index (χ1v) is 7.77. The van der Waals surface area contributed by atoms with Crippen LogP contribution in [-0.2, 0) is 11.2 Å². The Morgan fingerprint density at radius 3 is 2.48 bits per heavy atom. The normalized spacial score (nSPS) is 11.8. The first-order chi connectivity index (χ1) is 9.77. The van der Waals surface area contributed by atoms with Crippen molar-refractivity contribution in [1.82, 2.24) is 4.57 Å². The number of carbonyl (C=O) groups excluding carboxylic acids is 2. The van der Waals surface area contributed by atoms with Crippen LogP contribution in [0.5, 0.6) is 0 Å². The Bertz CT molecular complexity index is 719. The fraction of sp³-hybridized carbons (Fsp3) is 0.333. The summed E-state index contributed by atoms with van der Waals surface area (Å²) in [6.07, 6.45) is 4.13. The molecule has 0 atom stereocenters. The molecular weight excluding hydrogens is 286 g/mol. The summed E-state index contributed by atoms with van der Waals surface area (Å²) in [4.78, 5) is 24.2. The number of rotatable bonds is 4. The van der Waals surface area contributed by atoms with Crippen LogP contribution in [0.15, 0.2) is 29.3 Å². The second-order valence-corrected chi connectivity index (χ2v) is 6.49. The van der Waals surface area contributed by atoms with Gasteiger partial charge in [0.2, 0.25) is 5.91 Å². The average molecular weight is 305 g/mol. The summed E-state index contributed by atoms with van der Waals surface area (Å²) >= 11 is 1.59. The van der Waals surface area contributed by atoms with Gasteiger partial charge >= 0.3 is 6.03 Å². The molecule has 6 heteroatoms. The maximum atomic E-state index is 11.6. The Hall–Kier alpha value is -1.95. The van der Waals surface area contributed by atoms with E-state index >= 15 is 0 Å². The summed E-state index contributed by atoms with van der Waals surface area (Å²) in [5.74, 6) is -0.371. The summed E-state index contributed by atoms with van der Waals surface area (Å²) in [6.45, 7) is 3.59. The van der Waals surface area contributed by atoms with Crippen LogP contribution in [0.1, 0.15) is 19.4 Å². The monoisotopic (exact) mass is 305 g/mol. The number of nitrogens with two attached hydrogens (primary N) is 2. The molecule has 0 saturated carbocycles. The van der Waals surface area contributed by atoms with Crippen LogP contribution in [0, 0.1) is 5.41 Å². The molecule has 2 aromatic rings. The largest absolute Gasteiger partial charge is 0.369 e. The summed E-state index contributed by atoms with van der Waals surface area (Å²) in [7, 11) is 0. The minimum absolute atomic E-state index is 0.371. The molecule has 0 radical (unpaired) electrons. The van der Waals surface area contributed by atoms with Gasteiger partial charge in [0.25, 0.3) is 0 Å². The van der Waals surface area contributed by atoms with Crippen molar-refractivity contribution in [2.24, 2.45) is 16.9 Å². The topological polar surface area (TPSA) is 91.1 Å². The third-order valence-electron chi connectivity index (χ3n) is 3.63. The third-order valence-corrected chi connectivity index (χ3v) is 4.41.